The summed E-state index contributed by atoms with van der Waals surface area (Å²) < 4.78 is 15.0. The zero-order chi connectivity index (χ0) is 22.2. The maximum Gasteiger partial charge on any atom is 0.251 e. The number of halogens is 1. The lowest BCUT2D eigenvalue weighted by Crippen LogP contribution is -2.28. The van der Waals surface area contributed by atoms with Gasteiger partial charge in [-0.1, -0.05) is 6.08 Å². The van der Waals surface area contributed by atoms with Gasteiger partial charge in [0.2, 0.25) is 0 Å². The molecule has 0 spiro atoms. The summed E-state index contributed by atoms with van der Waals surface area (Å²) in [6.45, 7) is 3.61. The molecule has 0 bridgehead atoms. The van der Waals surface area contributed by atoms with Gasteiger partial charge in [0.25, 0.3) is 5.56 Å². The van der Waals surface area contributed by atoms with Crippen molar-refractivity contribution in [2.75, 3.05) is 25.5 Å². The van der Waals surface area contributed by atoms with Crippen LogP contribution in [0.1, 0.15) is 23.1 Å². The first-order chi connectivity index (χ1) is 15.5. The van der Waals surface area contributed by atoms with E-state index in [1.165, 1.54) is 5.57 Å². The van der Waals surface area contributed by atoms with E-state index in [1.807, 2.05) is 19.3 Å². The molecule has 0 atom stereocenters. The van der Waals surface area contributed by atoms with Gasteiger partial charge in [-0.25, -0.2) is 9.37 Å². The van der Waals surface area contributed by atoms with Crippen LogP contribution in [-0.2, 0) is 6.54 Å². The normalized spacial score (nSPS) is 14.7. The molecule has 0 saturated heterocycles. The molecule has 8 heteroatoms. The quantitative estimate of drug-likeness (QED) is 0.514. The van der Waals surface area contributed by atoms with Gasteiger partial charge in [0.05, 0.1) is 5.52 Å². The van der Waals surface area contributed by atoms with Crippen LogP contribution in [0, 0.1) is 12.7 Å². The molecule has 4 aromatic rings. The minimum absolute atomic E-state index is 0.170. The Kier molecular flexibility index (Phi) is 5.14. The van der Waals surface area contributed by atoms with Crippen LogP contribution in [0.2, 0.25) is 0 Å². The number of pyridine rings is 4. The number of aromatic amines is 1. The molecule has 32 heavy (non-hydrogen) atoms. The van der Waals surface area contributed by atoms with E-state index < -0.39 is 5.82 Å². The van der Waals surface area contributed by atoms with E-state index in [2.05, 4.69) is 42.3 Å². The highest BCUT2D eigenvalue weighted by Crippen LogP contribution is 2.27. The fourth-order valence-electron chi connectivity index (χ4n) is 4.14. The van der Waals surface area contributed by atoms with Gasteiger partial charge < -0.3 is 10.3 Å². The summed E-state index contributed by atoms with van der Waals surface area (Å²) in [5.74, 6) is 0.356. The lowest BCUT2D eigenvalue weighted by Gasteiger charge is -2.26. The van der Waals surface area contributed by atoms with Crippen LogP contribution in [-0.4, -0.2) is 45.0 Å². The van der Waals surface area contributed by atoms with Crippen molar-refractivity contribution in [3.63, 3.8) is 0 Å². The highest BCUT2D eigenvalue weighted by Gasteiger charge is 2.18. The van der Waals surface area contributed by atoms with Crippen molar-refractivity contribution in [1.82, 2.24) is 24.8 Å². The van der Waals surface area contributed by atoms with E-state index in [-0.39, 0.29) is 11.1 Å². The molecule has 0 aliphatic carbocycles. The maximum absolute atomic E-state index is 15.0. The average molecular weight is 430 g/mol. The molecule has 4 aromatic heterocycles. The van der Waals surface area contributed by atoms with Crippen molar-refractivity contribution in [2.45, 2.75) is 19.9 Å². The SMILES string of the molecule is CNc1nccc2cc(C3=CCN(Cc4cnc5cc(C)c(=O)[nH]c5c4F)CC3)cnc12. The van der Waals surface area contributed by atoms with Crippen LogP contribution in [0.25, 0.3) is 27.5 Å². The number of aromatic nitrogens is 4. The number of aryl methyl sites for hydroxylation is 1. The Balaban J connectivity index is 1.36. The van der Waals surface area contributed by atoms with Crippen LogP contribution in [0.3, 0.4) is 0 Å². The first-order valence-electron chi connectivity index (χ1n) is 10.5. The fraction of sp³-hybridized carbons (Fsp3) is 0.250. The largest absolute Gasteiger partial charge is 0.371 e. The number of hydrogen-bond donors (Lipinski definition) is 2. The summed E-state index contributed by atoms with van der Waals surface area (Å²) in [6.07, 6.45) is 8.24. The van der Waals surface area contributed by atoms with Gasteiger partial charge in [-0.05, 0) is 42.7 Å². The first kappa shape index (κ1) is 20.3. The number of rotatable bonds is 4. The van der Waals surface area contributed by atoms with Gasteiger partial charge in [-0.2, -0.15) is 0 Å². The molecule has 1 aliphatic heterocycles. The third-order valence-corrected chi connectivity index (χ3v) is 5.96. The number of nitrogens with zero attached hydrogens (tertiary/aromatic N) is 4. The third-order valence-electron chi connectivity index (χ3n) is 5.96. The van der Waals surface area contributed by atoms with Gasteiger partial charge in [0.1, 0.15) is 11.0 Å². The molecule has 162 valence electrons. The van der Waals surface area contributed by atoms with Gasteiger partial charge >= 0.3 is 0 Å². The van der Waals surface area contributed by atoms with E-state index in [4.69, 9.17) is 0 Å². The summed E-state index contributed by atoms with van der Waals surface area (Å²) in [5.41, 5.74) is 4.52. The van der Waals surface area contributed by atoms with E-state index in [9.17, 15) is 4.79 Å². The van der Waals surface area contributed by atoms with Crippen LogP contribution >= 0.6 is 0 Å². The monoisotopic (exact) mass is 430 g/mol. The Hall–Kier alpha value is -3.65. The molecule has 0 unspecified atom stereocenters. The Morgan fingerprint density at radius 3 is 2.88 bits per heavy atom. The van der Waals surface area contributed by atoms with Crippen LogP contribution in [0.5, 0.6) is 0 Å². The first-order valence-corrected chi connectivity index (χ1v) is 10.5. The molecular formula is C24H23FN6O. The van der Waals surface area contributed by atoms with Crippen molar-refractivity contribution in [2.24, 2.45) is 0 Å². The van der Waals surface area contributed by atoms with E-state index >= 15 is 4.39 Å². The molecule has 2 N–H and O–H groups in total. The standard InChI is InChI=1S/C24H23FN6O/c1-14-9-19-22(30-24(14)32)20(25)18(12-28-19)13-31-7-4-15(5-8-31)17-10-16-3-6-27-23(26-2)21(16)29-11-17/h3-4,6,9-12H,5,7-8,13H2,1-2H3,(H,26,27)(H,30,32). The molecule has 0 radical (unpaired) electrons. The van der Waals surface area contributed by atoms with Crippen LogP contribution in [0.4, 0.5) is 10.2 Å². The Labute approximate surface area is 184 Å². The lowest BCUT2D eigenvalue weighted by molar-refractivity contribution is 0.289. The summed E-state index contributed by atoms with van der Waals surface area (Å²) >= 11 is 0. The number of H-pyrrole nitrogens is 1. The smallest absolute Gasteiger partial charge is 0.251 e. The van der Waals surface area contributed by atoms with Crippen LogP contribution < -0.4 is 10.9 Å². The van der Waals surface area contributed by atoms with Gasteiger partial charge in [-0.3, -0.25) is 19.7 Å². The Morgan fingerprint density at radius 2 is 2.09 bits per heavy atom. The average Bonchev–Trinajstić information content (AvgIpc) is 2.82. The Bertz CT molecular complexity index is 1430. The van der Waals surface area contributed by atoms with E-state index in [0.717, 1.165) is 35.2 Å². The van der Waals surface area contributed by atoms with Gasteiger partial charge in [-0.15, -0.1) is 0 Å². The van der Waals surface area contributed by atoms with Crippen molar-refractivity contribution in [3.05, 3.63) is 75.7 Å². The number of hydrogen-bond acceptors (Lipinski definition) is 6. The van der Waals surface area contributed by atoms with Crippen molar-refractivity contribution in [1.29, 1.82) is 0 Å². The summed E-state index contributed by atoms with van der Waals surface area (Å²) in [5, 5.41) is 4.11. The molecule has 0 amide bonds. The molecule has 0 saturated carbocycles. The summed E-state index contributed by atoms with van der Waals surface area (Å²) in [4.78, 5) is 29.9. The minimum Gasteiger partial charge on any atom is -0.371 e. The highest BCUT2D eigenvalue weighted by atomic mass is 19.1. The van der Waals surface area contributed by atoms with Crippen LogP contribution in [0.15, 0.2) is 47.7 Å². The molecular weight excluding hydrogens is 407 g/mol. The lowest BCUT2D eigenvalue weighted by atomic mass is 9.99. The third kappa shape index (κ3) is 3.62. The van der Waals surface area contributed by atoms with E-state index in [1.54, 1.807) is 25.4 Å². The second-order valence-electron chi connectivity index (χ2n) is 8.06. The number of anilines is 1. The molecule has 0 aromatic carbocycles. The molecule has 5 heterocycles. The van der Waals surface area contributed by atoms with Gasteiger partial charge in [0, 0.05) is 61.8 Å². The minimum atomic E-state index is -0.408. The van der Waals surface area contributed by atoms with E-state index in [0.29, 0.717) is 29.7 Å². The van der Waals surface area contributed by atoms with Crippen molar-refractivity contribution >= 4 is 33.3 Å². The fourth-order valence-corrected chi connectivity index (χ4v) is 4.14. The molecule has 0 fully saturated rings. The number of fused-ring (bicyclic) bond motifs is 2. The predicted octanol–water partition coefficient (Wildman–Crippen LogP) is 3.64. The topological polar surface area (TPSA) is 86.8 Å². The van der Waals surface area contributed by atoms with Gasteiger partial charge in [0.15, 0.2) is 11.6 Å². The summed E-state index contributed by atoms with van der Waals surface area (Å²) in [6, 6.07) is 5.71. The number of nitrogens with one attached hydrogen (secondary N) is 2. The second kappa shape index (κ2) is 8.12. The maximum atomic E-state index is 15.0. The zero-order valence-electron chi connectivity index (χ0n) is 17.9. The molecule has 5 rings (SSSR count). The highest BCUT2D eigenvalue weighted by molar-refractivity contribution is 5.90. The molecule has 1 aliphatic rings. The van der Waals surface area contributed by atoms with Crippen molar-refractivity contribution in [3.8, 4) is 0 Å². The predicted molar refractivity (Wildman–Crippen MR) is 124 cm³/mol. The zero-order valence-corrected chi connectivity index (χ0v) is 17.9. The molecule has 7 nitrogen and oxygen atoms in total. The Morgan fingerprint density at radius 1 is 1.22 bits per heavy atom. The summed E-state index contributed by atoms with van der Waals surface area (Å²) in [7, 11) is 1.84. The van der Waals surface area contributed by atoms with Crippen molar-refractivity contribution < 1.29 is 4.39 Å². The second-order valence-corrected chi connectivity index (χ2v) is 8.06.